The average molecular weight is 200 g/mol. The Kier molecular flexibility index (Phi) is 7.48. The average Bonchev–Trinajstić information content (AvgIpc) is 2.10. The number of nitrogens with one attached hydrogen (secondary N) is 1. The molecule has 0 heterocycles. The maximum atomic E-state index is 11.3. The van der Waals surface area contributed by atoms with Crippen molar-refractivity contribution in [3.8, 4) is 0 Å². The third kappa shape index (κ3) is 8.05. The molecule has 14 heavy (non-hydrogen) atoms. The van der Waals surface area contributed by atoms with E-state index in [1.807, 2.05) is 13.8 Å². The summed E-state index contributed by atoms with van der Waals surface area (Å²) in [5.74, 6) is 0.156. The van der Waals surface area contributed by atoms with Crippen LogP contribution in [0.5, 0.6) is 0 Å². The van der Waals surface area contributed by atoms with E-state index in [0.29, 0.717) is 6.42 Å². The Balaban J connectivity index is 3.45. The van der Waals surface area contributed by atoms with Crippen molar-refractivity contribution in [2.75, 3.05) is 20.1 Å². The van der Waals surface area contributed by atoms with Crippen molar-refractivity contribution in [1.82, 2.24) is 10.2 Å². The molecule has 0 saturated heterocycles. The lowest BCUT2D eigenvalue weighted by Gasteiger charge is -2.16. The summed E-state index contributed by atoms with van der Waals surface area (Å²) in [4.78, 5) is 13.5. The van der Waals surface area contributed by atoms with Gasteiger partial charge in [0, 0.05) is 19.0 Å². The topological polar surface area (TPSA) is 32.3 Å². The van der Waals surface area contributed by atoms with Crippen LogP contribution >= 0.6 is 0 Å². The summed E-state index contributed by atoms with van der Waals surface area (Å²) < 4.78 is 0. The fourth-order valence-corrected chi connectivity index (χ4v) is 1.23. The number of hydrogen-bond acceptors (Lipinski definition) is 2. The van der Waals surface area contributed by atoms with E-state index < -0.39 is 0 Å². The monoisotopic (exact) mass is 200 g/mol. The summed E-state index contributed by atoms with van der Waals surface area (Å²) in [6.45, 7) is 8.10. The Morgan fingerprint density at radius 2 is 2.00 bits per heavy atom. The van der Waals surface area contributed by atoms with Crippen LogP contribution in [0.1, 0.15) is 40.0 Å². The van der Waals surface area contributed by atoms with Gasteiger partial charge in [0.2, 0.25) is 5.91 Å². The minimum absolute atomic E-state index is 0.156. The Morgan fingerprint density at radius 3 is 2.50 bits per heavy atom. The van der Waals surface area contributed by atoms with Crippen LogP contribution in [0, 0.1) is 0 Å². The normalized spacial score (nSPS) is 11.0. The van der Waals surface area contributed by atoms with Crippen LogP contribution in [0.2, 0.25) is 0 Å². The molecule has 0 aromatic heterocycles. The Bertz CT molecular complexity index is 157. The second kappa shape index (κ2) is 7.80. The molecule has 0 saturated carbocycles. The summed E-state index contributed by atoms with van der Waals surface area (Å²) in [5.41, 5.74) is 0. The molecule has 0 fully saturated rings. The zero-order chi connectivity index (χ0) is 11.0. The zero-order valence-corrected chi connectivity index (χ0v) is 9.97. The van der Waals surface area contributed by atoms with Crippen LogP contribution in [-0.2, 0) is 4.79 Å². The second-order valence-electron chi connectivity index (χ2n) is 4.13. The number of carbonyl (C=O) groups is 1. The molecule has 1 N–H and O–H groups in total. The van der Waals surface area contributed by atoms with Gasteiger partial charge in [-0.05, 0) is 33.9 Å². The Morgan fingerprint density at radius 1 is 1.36 bits per heavy atom. The molecule has 3 heteroatoms. The minimum Gasteiger partial charge on any atom is -0.354 e. The number of amides is 1. The van der Waals surface area contributed by atoms with Crippen molar-refractivity contribution in [2.24, 2.45) is 0 Å². The van der Waals surface area contributed by atoms with E-state index in [1.165, 1.54) is 12.8 Å². The first-order valence-electron chi connectivity index (χ1n) is 5.54. The van der Waals surface area contributed by atoms with Gasteiger partial charge in [-0.15, -0.1) is 0 Å². The van der Waals surface area contributed by atoms with Gasteiger partial charge in [-0.25, -0.2) is 0 Å². The lowest BCUT2D eigenvalue weighted by atomic mass is 10.3. The molecule has 84 valence electrons. The highest BCUT2D eigenvalue weighted by atomic mass is 16.1. The molecule has 3 nitrogen and oxygen atoms in total. The standard InChI is InChI=1S/C11H24N2O/c1-5-6-8-13(4)9-7-11(14)12-10(2)3/h10H,5-9H2,1-4H3,(H,12,14). The lowest BCUT2D eigenvalue weighted by molar-refractivity contribution is -0.121. The van der Waals surface area contributed by atoms with Crippen molar-refractivity contribution < 1.29 is 4.79 Å². The van der Waals surface area contributed by atoms with Crippen LogP contribution in [0.15, 0.2) is 0 Å². The molecule has 0 aromatic rings. The second-order valence-corrected chi connectivity index (χ2v) is 4.13. The summed E-state index contributed by atoms with van der Waals surface area (Å²) in [6, 6.07) is 0.253. The van der Waals surface area contributed by atoms with E-state index in [-0.39, 0.29) is 11.9 Å². The number of rotatable bonds is 7. The number of unbranched alkanes of at least 4 members (excludes halogenated alkanes) is 1. The highest BCUT2D eigenvalue weighted by molar-refractivity contribution is 5.76. The van der Waals surface area contributed by atoms with Crippen LogP contribution < -0.4 is 5.32 Å². The molecule has 0 bridgehead atoms. The van der Waals surface area contributed by atoms with Crippen LogP contribution in [0.3, 0.4) is 0 Å². The highest BCUT2D eigenvalue weighted by Crippen LogP contribution is 1.93. The van der Waals surface area contributed by atoms with Gasteiger partial charge in [-0.2, -0.15) is 0 Å². The van der Waals surface area contributed by atoms with Gasteiger partial charge < -0.3 is 10.2 Å². The van der Waals surface area contributed by atoms with Gasteiger partial charge in [-0.3, -0.25) is 4.79 Å². The van der Waals surface area contributed by atoms with Crippen molar-refractivity contribution in [1.29, 1.82) is 0 Å². The Labute approximate surface area is 87.9 Å². The molecule has 0 aromatic carbocycles. The first-order chi connectivity index (χ1) is 6.56. The first-order valence-corrected chi connectivity index (χ1v) is 5.54. The van der Waals surface area contributed by atoms with E-state index >= 15 is 0 Å². The molecule has 0 unspecified atom stereocenters. The fraction of sp³-hybridized carbons (Fsp3) is 0.909. The maximum absolute atomic E-state index is 11.3. The smallest absolute Gasteiger partial charge is 0.221 e. The highest BCUT2D eigenvalue weighted by Gasteiger charge is 2.04. The Hall–Kier alpha value is -0.570. The quantitative estimate of drug-likeness (QED) is 0.677. The van der Waals surface area contributed by atoms with Crippen LogP contribution in [0.4, 0.5) is 0 Å². The van der Waals surface area contributed by atoms with Crippen molar-refractivity contribution in [3.63, 3.8) is 0 Å². The first kappa shape index (κ1) is 13.4. The van der Waals surface area contributed by atoms with E-state index in [9.17, 15) is 4.79 Å². The predicted molar refractivity (Wildman–Crippen MR) is 60.3 cm³/mol. The third-order valence-electron chi connectivity index (χ3n) is 2.06. The summed E-state index contributed by atoms with van der Waals surface area (Å²) >= 11 is 0. The molecular formula is C11H24N2O. The zero-order valence-electron chi connectivity index (χ0n) is 9.97. The van der Waals surface area contributed by atoms with Crippen LogP contribution in [-0.4, -0.2) is 37.0 Å². The SMILES string of the molecule is CCCCN(C)CCC(=O)NC(C)C. The molecule has 0 aliphatic carbocycles. The van der Waals surface area contributed by atoms with Crippen molar-refractivity contribution in [3.05, 3.63) is 0 Å². The molecule has 0 rings (SSSR count). The van der Waals surface area contributed by atoms with Gasteiger partial charge in [0.1, 0.15) is 0 Å². The predicted octanol–water partition coefficient (Wildman–Crippen LogP) is 1.63. The van der Waals surface area contributed by atoms with Gasteiger partial charge in [-0.1, -0.05) is 13.3 Å². The molecule has 0 spiro atoms. The number of hydrogen-bond donors (Lipinski definition) is 1. The summed E-state index contributed by atoms with van der Waals surface area (Å²) in [5, 5.41) is 2.89. The van der Waals surface area contributed by atoms with Gasteiger partial charge in [0.15, 0.2) is 0 Å². The molecule has 0 aliphatic heterocycles. The van der Waals surface area contributed by atoms with Crippen LogP contribution in [0.25, 0.3) is 0 Å². The van der Waals surface area contributed by atoms with E-state index in [2.05, 4.69) is 24.2 Å². The minimum atomic E-state index is 0.156. The maximum Gasteiger partial charge on any atom is 0.221 e. The van der Waals surface area contributed by atoms with E-state index in [4.69, 9.17) is 0 Å². The molecule has 0 atom stereocenters. The largest absolute Gasteiger partial charge is 0.354 e. The van der Waals surface area contributed by atoms with Gasteiger partial charge >= 0.3 is 0 Å². The van der Waals surface area contributed by atoms with Crippen molar-refractivity contribution >= 4 is 5.91 Å². The molecule has 0 aliphatic rings. The number of carbonyl (C=O) groups excluding carboxylic acids is 1. The van der Waals surface area contributed by atoms with E-state index in [0.717, 1.165) is 13.1 Å². The third-order valence-corrected chi connectivity index (χ3v) is 2.06. The van der Waals surface area contributed by atoms with E-state index in [1.54, 1.807) is 0 Å². The van der Waals surface area contributed by atoms with Gasteiger partial charge in [0.05, 0.1) is 0 Å². The summed E-state index contributed by atoms with van der Waals surface area (Å²) in [7, 11) is 2.07. The van der Waals surface area contributed by atoms with Gasteiger partial charge in [0.25, 0.3) is 0 Å². The fourth-order valence-electron chi connectivity index (χ4n) is 1.23. The molecular weight excluding hydrogens is 176 g/mol. The van der Waals surface area contributed by atoms with Crippen molar-refractivity contribution in [2.45, 2.75) is 46.1 Å². The number of nitrogens with zero attached hydrogens (tertiary/aromatic N) is 1. The summed E-state index contributed by atoms with van der Waals surface area (Å²) in [6.07, 6.45) is 3.03. The molecule has 0 radical (unpaired) electrons. The lowest BCUT2D eigenvalue weighted by Crippen LogP contribution is -2.33. The molecule has 1 amide bonds.